The van der Waals surface area contributed by atoms with Crippen molar-refractivity contribution in [3.05, 3.63) is 24.0 Å². The second kappa shape index (κ2) is 4.80. The van der Waals surface area contributed by atoms with Crippen LogP contribution >= 0.6 is 0 Å². The van der Waals surface area contributed by atoms with Crippen molar-refractivity contribution in [1.29, 1.82) is 0 Å². The Balaban J connectivity index is 1.74. The quantitative estimate of drug-likeness (QED) is 0.879. The van der Waals surface area contributed by atoms with E-state index in [1.54, 1.807) is 6.07 Å². The summed E-state index contributed by atoms with van der Waals surface area (Å²) in [5.41, 5.74) is 0.225. The van der Waals surface area contributed by atoms with Crippen molar-refractivity contribution < 1.29 is 18.7 Å². The third kappa shape index (κ3) is 2.15. The van der Waals surface area contributed by atoms with Gasteiger partial charge in [0, 0.05) is 5.39 Å². The minimum absolute atomic E-state index is 0.123. The molecule has 0 bridgehead atoms. The monoisotopic (exact) mass is 278 g/mol. The zero-order valence-electron chi connectivity index (χ0n) is 10.4. The van der Waals surface area contributed by atoms with Crippen LogP contribution in [0.5, 0.6) is 0 Å². The molecule has 1 aromatic heterocycles. The maximum atomic E-state index is 13.5. The molecule has 0 spiro atoms. The molecule has 2 aromatic rings. The molecule has 0 atom stereocenters. The number of hydrogen-bond acceptors (Lipinski definition) is 4. The molecular formula is C12H11FN4O3. The van der Waals surface area contributed by atoms with Crippen LogP contribution in [0, 0.1) is 5.82 Å². The molecule has 0 saturated carbocycles. The second-order valence-electron chi connectivity index (χ2n) is 4.32. The lowest BCUT2D eigenvalue weighted by Crippen LogP contribution is -2.33. The number of benzene rings is 1. The van der Waals surface area contributed by atoms with Crippen LogP contribution in [-0.4, -0.2) is 46.8 Å². The van der Waals surface area contributed by atoms with E-state index in [9.17, 15) is 14.0 Å². The van der Waals surface area contributed by atoms with Crippen LogP contribution in [0.25, 0.3) is 10.9 Å². The average Bonchev–Trinajstić information content (AvgIpc) is 2.99. The number of amides is 2. The predicted octanol–water partition coefficient (Wildman–Crippen LogP) is 1.09. The number of fused-ring (bicyclic) bond motifs is 1. The highest BCUT2D eigenvalue weighted by Gasteiger charge is 2.24. The first-order valence-electron chi connectivity index (χ1n) is 5.99. The maximum Gasteiger partial charge on any atom is 0.410 e. The summed E-state index contributed by atoms with van der Waals surface area (Å²) in [6, 6.07) is 4.47. The molecule has 1 fully saturated rings. The molecule has 2 N–H and O–H groups in total. The molecule has 1 saturated heterocycles. The molecule has 8 heteroatoms. The number of aromatic amines is 1. The molecule has 1 aliphatic rings. The molecular weight excluding hydrogens is 267 g/mol. The van der Waals surface area contributed by atoms with Crippen LogP contribution in [0.15, 0.2) is 18.2 Å². The number of para-hydroxylation sites is 1. The normalized spacial score (nSPS) is 14.7. The average molecular weight is 278 g/mol. The summed E-state index contributed by atoms with van der Waals surface area (Å²) < 4.78 is 18.2. The second-order valence-corrected chi connectivity index (χ2v) is 4.32. The number of halogens is 1. The van der Waals surface area contributed by atoms with Crippen molar-refractivity contribution in [2.24, 2.45) is 0 Å². The van der Waals surface area contributed by atoms with Crippen LogP contribution in [0.4, 0.5) is 15.0 Å². The summed E-state index contributed by atoms with van der Waals surface area (Å²) in [5.74, 6) is -0.628. The van der Waals surface area contributed by atoms with Gasteiger partial charge in [-0.15, -0.1) is 0 Å². The number of cyclic esters (lactones) is 1. The SMILES string of the molecule is O=C(CN1CCOC1=O)Nc1n[nH]c2c(F)cccc12. The summed E-state index contributed by atoms with van der Waals surface area (Å²) in [5, 5.41) is 9.39. The van der Waals surface area contributed by atoms with E-state index in [-0.39, 0.29) is 24.5 Å². The predicted molar refractivity (Wildman–Crippen MR) is 67.6 cm³/mol. The Kier molecular flexibility index (Phi) is 2.97. The largest absolute Gasteiger partial charge is 0.448 e. The fourth-order valence-corrected chi connectivity index (χ4v) is 2.02. The summed E-state index contributed by atoms with van der Waals surface area (Å²) in [6.07, 6.45) is -0.516. The molecule has 0 aliphatic carbocycles. The Hall–Kier alpha value is -2.64. The minimum atomic E-state index is -0.516. The first-order valence-corrected chi connectivity index (χ1v) is 5.99. The number of hydrogen-bond donors (Lipinski definition) is 2. The van der Waals surface area contributed by atoms with Gasteiger partial charge in [0.05, 0.1) is 6.54 Å². The van der Waals surface area contributed by atoms with Gasteiger partial charge in [0.1, 0.15) is 24.5 Å². The third-order valence-corrected chi connectivity index (χ3v) is 2.99. The van der Waals surface area contributed by atoms with E-state index in [0.29, 0.717) is 11.9 Å². The molecule has 0 radical (unpaired) electrons. The molecule has 7 nitrogen and oxygen atoms in total. The van der Waals surface area contributed by atoms with Gasteiger partial charge in [-0.25, -0.2) is 9.18 Å². The number of aromatic nitrogens is 2. The highest BCUT2D eigenvalue weighted by Crippen LogP contribution is 2.22. The van der Waals surface area contributed by atoms with Gasteiger partial charge in [-0.3, -0.25) is 14.8 Å². The maximum absolute atomic E-state index is 13.5. The standard InChI is InChI=1S/C12H11FN4O3/c13-8-3-1-2-7-10(8)15-16-11(7)14-9(18)6-17-4-5-20-12(17)19/h1-3H,4-6H2,(H2,14,15,16,18). The van der Waals surface area contributed by atoms with Crippen LogP contribution in [0.2, 0.25) is 0 Å². The highest BCUT2D eigenvalue weighted by molar-refractivity contribution is 6.01. The zero-order chi connectivity index (χ0) is 14.1. The Morgan fingerprint density at radius 2 is 2.40 bits per heavy atom. The molecule has 2 heterocycles. The Bertz CT molecular complexity index is 684. The van der Waals surface area contributed by atoms with Gasteiger partial charge in [0.25, 0.3) is 0 Å². The number of rotatable bonds is 3. The lowest BCUT2D eigenvalue weighted by Gasteiger charge is -2.11. The van der Waals surface area contributed by atoms with Gasteiger partial charge >= 0.3 is 6.09 Å². The Morgan fingerprint density at radius 1 is 1.55 bits per heavy atom. The lowest BCUT2D eigenvalue weighted by molar-refractivity contribution is -0.116. The summed E-state index contributed by atoms with van der Waals surface area (Å²) in [6.45, 7) is 0.535. The number of anilines is 1. The van der Waals surface area contributed by atoms with Crippen molar-refractivity contribution in [2.75, 3.05) is 25.0 Å². The zero-order valence-corrected chi connectivity index (χ0v) is 10.4. The van der Waals surface area contributed by atoms with Crippen LogP contribution < -0.4 is 5.32 Å². The summed E-state index contributed by atoms with van der Waals surface area (Å²) in [4.78, 5) is 24.3. The lowest BCUT2D eigenvalue weighted by atomic mass is 10.2. The van der Waals surface area contributed by atoms with E-state index in [1.807, 2.05) is 0 Å². The fraction of sp³-hybridized carbons (Fsp3) is 0.250. The van der Waals surface area contributed by atoms with E-state index < -0.39 is 17.8 Å². The molecule has 3 rings (SSSR count). The molecule has 20 heavy (non-hydrogen) atoms. The number of carbonyl (C=O) groups is 2. The number of ether oxygens (including phenoxy) is 1. The van der Waals surface area contributed by atoms with Gasteiger partial charge in [-0.1, -0.05) is 6.07 Å². The number of carbonyl (C=O) groups excluding carboxylic acids is 2. The van der Waals surface area contributed by atoms with Gasteiger partial charge in [0.15, 0.2) is 5.82 Å². The van der Waals surface area contributed by atoms with E-state index >= 15 is 0 Å². The van der Waals surface area contributed by atoms with E-state index in [2.05, 4.69) is 15.5 Å². The third-order valence-electron chi connectivity index (χ3n) is 2.99. The molecule has 1 aliphatic heterocycles. The number of H-pyrrole nitrogens is 1. The van der Waals surface area contributed by atoms with Crippen molar-refractivity contribution in [3.63, 3.8) is 0 Å². The first-order chi connectivity index (χ1) is 9.65. The van der Waals surface area contributed by atoms with Crippen LogP contribution in [0.1, 0.15) is 0 Å². The number of nitrogens with zero attached hydrogens (tertiary/aromatic N) is 2. The molecule has 1 aromatic carbocycles. The summed E-state index contributed by atoms with van der Waals surface area (Å²) in [7, 11) is 0. The van der Waals surface area contributed by atoms with E-state index in [0.717, 1.165) is 0 Å². The van der Waals surface area contributed by atoms with Crippen molar-refractivity contribution in [1.82, 2.24) is 15.1 Å². The van der Waals surface area contributed by atoms with Gasteiger partial charge in [-0.05, 0) is 12.1 Å². The minimum Gasteiger partial charge on any atom is -0.448 e. The molecule has 2 amide bonds. The van der Waals surface area contributed by atoms with Gasteiger partial charge in [-0.2, -0.15) is 5.10 Å². The van der Waals surface area contributed by atoms with Crippen molar-refractivity contribution in [2.45, 2.75) is 0 Å². The Labute approximate surface area is 112 Å². The fourth-order valence-electron chi connectivity index (χ4n) is 2.02. The topological polar surface area (TPSA) is 87.3 Å². The number of nitrogens with one attached hydrogen (secondary N) is 2. The van der Waals surface area contributed by atoms with Crippen LogP contribution in [-0.2, 0) is 9.53 Å². The van der Waals surface area contributed by atoms with Gasteiger partial charge < -0.3 is 10.1 Å². The molecule has 0 unspecified atom stereocenters. The Morgan fingerprint density at radius 3 is 3.15 bits per heavy atom. The smallest absolute Gasteiger partial charge is 0.410 e. The summed E-state index contributed by atoms with van der Waals surface area (Å²) >= 11 is 0. The van der Waals surface area contributed by atoms with Crippen molar-refractivity contribution in [3.8, 4) is 0 Å². The van der Waals surface area contributed by atoms with Gasteiger partial charge in [0.2, 0.25) is 5.91 Å². The molecule has 104 valence electrons. The van der Waals surface area contributed by atoms with E-state index in [4.69, 9.17) is 4.74 Å². The van der Waals surface area contributed by atoms with Crippen LogP contribution in [0.3, 0.4) is 0 Å². The van der Waals surface area contributed by atoms with Crippen molar-refractivity contribution >= 4 is 28.7 Å². The highest BCUT2D eigenvalue weighted by atomic mass is 19.1. The first kappa shape index (κ1) is 12.4. The van der Waals surface area contributed by atoms with E-state index in [1.165, 1.54) is 17.0 Å².